The van der Waals surface area contributed by atoms with Crippen LogP contribution in [0.1, 0.15) is 18.7 Å². The molecule has 1 fully saturated rings. The zero-order valence-corrected chi connectivity index (χ0v) is 18.4. The maximum atomic E-state index is 13.2. The van der Waals surface area contributed by atoms with Crippen molar-refractivity contribution in [2.45, 2.75) is 26.4 Å². The number of nitrogens with one attached hydrogen (secondary N) is 2. The van der Waals surface area contributed by atoms with Crippen LogP contribution in [0, 0.1) is 6.92 Å². The van der Waals surface area contributed by atoms with Crippen LogP contribution in [-0.4, -0.2) is 48.2 Å². The van der Waals surface area contributed by atoms with Gasteiger partial charge in [-0.15, -0.1) is 0 Å². The fourth-order valence-corrected chi connectivity index (χ4v) is 3.98. The Labute approximate surface area is 183 Å². The number of aromatic nitrogens is 2. The molecule has 1 unspecified atom stereocenters. The van der Waals surface area contributed by atoms with Crippen molar-refractivity contribution in [3.63, 3.8) is 0 Å². The van der Waals surface area contributed by atoms with E-state index in [4.69, 9.17) is 23.3 Å². The number of hydrogen-bond donors (Lipinski definition) is 2. The first-order valence-corrected chi connectivity index (χ1v) is 11.3. The molecule has 0 bridgehead atoms. The third-order valence-corrected chi connectivity index (χ3v) is 5.75. The smallest absolute Gasteiger partial charge is 0.459 e. The van der Waals surface area contributed by atoms with Crippen molar-refractivity contribution in [2.24, 2.45) is 0 Å². The summed E-state index contributed by atoms with van der Waals surface area (Å²) in [5.74, 6) is -0.372. The van der Waals surface area contributed by atoms with Gasteiger partial charge >= 0.3 is 19.4 Å². The van der Waals surface area contributed by atoms with Gasteiger partial charge in [-0.3, -0.25) is 23.7 Å². The SMILES string of the molecule is CCOC(=O)CNP(=O)(OC[C@@H]1OC[C@H](n2cc(C)c(=O)[nH]c2=O)O1)Oc1ccccc1. The van der Waals surface area contributed by atoms with Gasteiger partial charge in [0.25, 0.3) is 5.56 Å². The van der Waals surface area contributed by atoms with Crippen molar-refractivity contribution in [3.05, 3.63) is 62.9 Å². The third-order valence-electron chi connectivity index (χ3n) is 4.26. The average Bonchev–Trinajstić information content (AvgIpc) is 3.23. The number of ether oxygens (including phenoxy) is 3. The Hall–Kier alpha value is -2.76. The van der Waals surface area contributed by atoms with Crippen LogP contribution in [0.4, 0.5) is 0 Å². The first kappa shape index (κ1) is 23.9. The molecule has 1 saturated heterocycles. The standard InChI is InChI=1S/C19H24N3O9P/c1-3-27-16(23)9-20-32(26,31-14-7-5-4-6-8-14)29-12-17-28-11-15(30-17)22-10-13(2)18(24)21-19(22)25/h4-8,10,15,17H,3,9,11-12H2,1-2H3,(H,20,26)(H,21,24,25)/t15-,17-,32?/m1/s1. The number of benzene rings is 1. The zero-order valence-electron chi connectivity index (χ0n) is 17.5. The molecule has 2 N–H and O–H groups in total. The highest BCUT2D eigenvalue weighted by Crippen LogP contribution is 2.44. The van der Waals surface area contributed by atoms with Crippen LogP contribution in [0.5, 0.6) is 5.75 Å². The number of aromatic amines is 1. The highest BCUT2D eigenvalue weighted by molar-refractivity contribution is 7.52. The molecule has 3 atom stereocenters. The number of esters is 1. The number of para-hydroxylation sites is 1. The second-order valence-electron chi connectivity index (χ2n) is 6.67. The first-order valence-electron chi connectivity index (χ1n) is 9.79. The number of H-pyrrole nitrogens is 1. The monoisotopic (exact) mass is 469 g/mol. The lowest BCUT2D eigenvalue weighted by Gasteiger charge is -2.21. The van der Waals surface area contributed by atoms with Gasteiger partial charge < -0.3 is 18.7 Å². The molecule has 0 saturated carbocycles. The molecule has 12 nitrogen and oxygen atoms in total. The lowest BCUT2D eigenvalue weighted by atomic mass is 10.3. The largest absolute Gasteiger partial charge is 0.465 e. The second-order valence-corrected chi connectivity index (χ2v) is 8.42. The Morgan fingerprint density at radius 3 is 2.78 bits per heavy atom. The molecule has 1 aromatic carbocycles. The van der Waals surface area contributed by atoms with Crippen molar-refractivity contribution in [3.8, 4) is 5.75 Å². The average molecular weight is 469 g/mol. The fourth-order valence-electron chi connectivity index (χ4n) is 2.73. The summed E-state index contributed by atoms with van der Waals surface area (Å²) in [7, 11) is -4.01. The van der Waals surface area contributed by atoms with E-state index >= 15 is 0 Å². The van der Waals surface area contributed by atoms with E-state index in [1.54, 1.807) is 44.2 Å². The van der Waals surface area contributed by atoms with E-state index < -0.39 is 44.0 Å². The van der Waals surface area contributed by atoms with Gasteiger partial charge in [0.15, 0.2) is 12.5 Å². The molecule has 2 aromatic rings. The maximum Gasteiger partial charge on any atom is 0.459 e. The van der Waals surface area contributed by atoms with Gasteiger partial charge in [-0.2, -0.15) is 0 Å². The molecule has 174 valence electrons. The van der Waals surface area contributed by atoms with Crippen LogP contribution in [0.3, 0.4) is 0 Å². The van der Waals surface area contributed by atoms with Crippen molar-refractivity contribution >= 4 is 13.7 Å². The maximum absolute atomic E-state index is 13.2. The van der Waals surface area contributed by atoms with E-state index in [1.807, 2.05) is 0 Å². The summed E-state index contributed by atoms with van der Waals surface area (Å²) in [5.41, 5.74) is -0.807. The van der Waals surface area contributed by atoms with E-state index in [0.29, 0.717) is 5.56 Å². The van der Waals surface area contributed by atoms with Crippen LogP contribution >= 0.6 is 7.75 Å². The van der Waals surface area contributed by atoms with Crippen molar-refractivity contribution < 1.29 is 32.6 Å². The quantitative estimate of drug-likeness (QED) is 0.383. The van der Waals surface area contributed by atoms with Crippen molar-refractivity contribution in [1.29, 1.82) is 0 Å². The van der Waals surface area contributed by atoms with Crippen LogP contribution in [0.2, 0.25) is 0 Å². The first-order chi connectivity index (χ1) is 15.3. The number of rotatable bonds is 10. The minimum absolute atomic E-state index is 0.000481. The Kier molecular flexibility index (Phi) is 7.99. The Balaban J connectivity index is 1.64. The van der Waals surface area contributed by atoms with E-state index in [-0.39, 0.29) is 25.6 Å². The van der Waals surface area contributed by atoms with Crippen LogP contribution in [0.15, 0.2) is 46.1 Å². The molecular formula is C19H24N3O9P. The Morgan fingerprint density at radius 1 is 1.31 bits per heavy atom. The van der Waals surface area contributed by atoms with E-state index in [9.17, 15) is 18.9 Å². The molecule has 0 radical (unpaired) electrons. The number of nitrogens with zero attached hydrogens (tertiary/aromatic N) is 1. The zero-order chi connectivity index (χ0) is 23.1. The van der Waals surface area contributed by atoms with Crippen molar-refractivity contribution in [2.75, 3.05) is 26.4 Å². The Bertz CT molecular complexity index is 1090. The summed E-state index contributed by atoms with van der Waals surface area (Å²) in [5, 5.41) is 2.45. The van der Waals surface area contributed by atoms with Gasteiger partial charge in [0.2, 0.25) is 0 Å². The molecule has 1 aliphatic heterocycles. The van der Waals surface area contributed by atoms with E-state index in [1.165, 1.54) is 10.8 Å². The second kappa shape index (κ2) is 10.7. The molecule has 0 amide bonds. The van der Waals surface area contributed by atoms with E-state index in [2.05, 4.69) is 10.1 Å². The Morgan fingerprint density at radius 2 is 2.06 bits per heavy atom. The van der Waals surface area contributed by atoms with Gasteiger partial charge in [0.05, 0.1) is 13.2 Å². The fraction of sp³-hybridized carbons (Fsp3) is 0.421. The normalized spacial score (nSPS) is 19.9. The summed E-state index contributed by atoms with van der Waals surface area (Å²) >= 11 is 0. The van der Waals surface area contributed by atoms with E-state index in [0.717, 1.165) is 0 Å². The number of hydrogen-bond acceptors (Lipinski definition) is 9. The molecular weight excluding hydrogens is 445 g/mol. The summed E-state index contributed by atoms with van der Waals surface area (Å²) in [6, 6.07) is 8.27. The minimum atomic E-state index is -4.01. The molecule has 32 heavy (non-hydrogen) atoms. The van der Waals surface area contributed by atoms with Gasteiger partial charge in [0, 0.05) is 11.8 Å². The summed E-state index contributed by atoms with van der Waals surface area (Å²) in [4.78, 5) is 37.4. The number of carbonyl (C=O) groups excluding carboxylic acids is 1. The van der Waals surface area contributed by atoms with Gasteiger partial charge in [0.1, 0.15) is 18.9 Å². The highest BCUT2D eigenvalue weighted by atomic mass is 31.2. The summed E-state index contributed by atoms with van der Waals surface area (Å²) in [6.45, 7) is 2.64. The predicted octanol–water partition coefficient (Wildman–Crippen LogP) is 1.07. The van der Waals surface area contributed by atoms with Crippen LogP contribution < -0.4 is 20.9 Å². The molecule has 0 aliphatic carbocycles. The topological polar surface area (TPSA) is 147 Å². The molecule has 1 aromatic heterocycles. The van der Waals surface area contributed by atoms with Gasteiger partial charge in [-0.1, -0.05) is 18.2 Å². The number of aryl methyl sites for hydroxylation is 1. The molecule has 3 rings (SSSR count). The van der Waals surface area contributed by atoms with Crippen molar-refractivity contribution in [1.82, 2.24) is 14.6 Å². The number of carbonyl (C=O) groups is 1. The molecule has 2 heterocycles. The molecule has 0 spiro atoms. The molecule has 13 heteroatoms. The van der Waals surface area contributed by atoms with Crippen LogP contribution in [-0.2, 0) is 28.1 Å². The minimum Gasteiger partial charge on any atom is -0.465 e. The van der Waals surface area contributed by atoms with Crippen LogP contribution in [0.25, 0.3) is 0 Å². The summed E-state index contributed by atoms with van der Waals surface area (Å²) in [6.07, 6.45) is -0.423. The highest BCUT2D eigenvalue weighted by Gasteiger charge is 2.34. The van der Waals surface area contributed by atoms with Gasteiger partial charge in [-0.25, -0.2) is 14.4 Å². The third kappa shape index (κ3) is 6.38. The molecule has 1 aliphatic rings. The lowest BCUT2D eigenvalue weighted by Crippen LogP contribution is -2.34. The lowest BCUT2D eigenvalue weighted by molar-refractivity contribution is -0.141. The summed E-state index contributed by atoms with van der Waals surface area (Å²) < 4.78 is 41.1. The predicted molar refractivity (Wildman–Crippen MR) is 111 cm³/mol. The van der Waals surface area contributed by atoms with Gasteiger partial charge in [-0.05, 0) is 26.0 Å².